The Morgan fingerprint density at radius 1 is 1.00 bits per heavy atom. The zero-order valence-corrected chi connectivity index (χ0v) is 14.9. The maximum absolute atomic E-state index is 12.7. The van der Waals surface area contributed by atoms with Crippen molar-refractivity contribution >= 4 is 15.7 Å². The highest BCUT2D eigenvalue weighted by Crippen LogP contribution is 2.34. The van der Waals surface area contributed by atoms with Gasteiger partial charge in [0.1, 0.15) is 10.6 Å². The van der Waals surface area contributed by atoms with Crippen molar-refractivity contribution in [1.82, 2.24) is 0 Å². The minimum Gasteiger partial charge on any atom is -0.495 e. The summed E-state index contributed by atoms with van der Waals surface area (Å²) in [6.45, 7) is 0. The normalized spacial score (nSPS) is 14.6. The third kappa shape index (κ3) is 3.80. The maximum Gasteiger partial charge on any atom is 0.416 e. The molecule has 1 aliphatic carbocycles. The highest BCUT2D eigenvalue weighted by atomic mass is 32.2. The molecule has 4 nitrogen and oxygen atoms in total. The van der Waals surface area contributed by atoms with Crippen LogP contribution in [-0.4, -0.2) is 15.5 Å². The van der Waals surface area contributed by atoms with Gasteiger partial charge in [-0.2, -0.15) is 13.2 Å². The van der Waals surface area contributed by atoms with E-state index in [0.717, 1.165) is 61.1 Å². The van der Waals surface area contributed by atoms with E-state index in [-0.39, 0.29) is 16.3 Å². The summed E-state index contributed by atoms with van der Waals surface area (Å²) in [5, 5.41) is 0. The first-order valence-electron chi connectivity index (χ1n) is 8.10. The molecule has 2 aromatic rings. The summed E-state index contributed by atoms with van der Waals surface area (Å²) < 4.78 is 70.9. The van der Waals surface area contributed by atoms with Crippen molar-refractivity contribution in [3.63, 3.8) is 0 Å². The Balaban J connectivity index is 1.93. The highest BCUT2D eigenvalue weighted by Gasteiger charge is 2.30. The van der Waals surface area contributed by atoms with E-state index < -0.39 is 21.8 Å². The van der Waals surface area contributed by atoms with Gasteiger partial charge in [0.25, 0.3) is 10.0 Å². The fraction of sp³-hybridized carbons (Fsp3) is 0.333. The third-order valence-electron chi connectivity index (χ3n) is 4.38. The quantitative estimate of drug-likeness (QED) is 0.849. The van der Waals surface area contributed by atoms with Crippen LogP contribution in [0.25, 0.3) is 0 Å². The second-order valence-electron chi connectivity index (χ2n) is 6.16. The van der Waals surface area contributed by atoms with E-state index in [0.29, 0.717) is 0 Å². The maximum atomic E-state index is 12.7. The Bertz CT molecular complexity index is 907. The lowest BCUT2D eigenvalue weighted by Crippen LogP contribution is -2.16. The monoisotopic (exact) mass is 385 g/mol. The summed E-state index contributed by atoms with van der Waals surface area (Å²) in [7, 11) is -2.60. The average Bonchev–Trinajstić information content (AvgIpc) is 2.60. The molecule has 8 heteroatoms. The molecule has 0 heterocycles. The van der Waals surface area contributed by atoms with Crippen molar-refractivity contribution in [2.75, 3.05) is 11.8 Å². The van der Waals surface area contributed by atoms with E-state index in [4.69, 9.17) is 4.74 Å². The molecule has 2 aromatic carbocycles. The van der Waals surface area contributed by atoms with Crippen LogP contribution >= 0.6 is 0 Å². The molecule has 0 spiro atoms. The predicted molar refractivity (Wildman–Crippen MR) is 91.9 cm³/mol. The number of rotatable bonds is 4. The van der Waals surface area contributed by atoms with E-state index in [1.165, 1.54) is 7.11 Å². The number of anilines is 1. The second kappa shape index (κ2) is 6.83. The van der Waals surface area contributed by atoms with E-state index in [1.807, 2.05) is 0 Å². The number of alkyl halides is 3. The fourth-order valence-corrected chi connectivity index (χ4v) is 4.31. The first kappa shape index (κ1) is 18.6. The molecule has 0 fully saturated rings. The number of halogens is 3. The van der Waals surface area contributed by atoms with E-state index in [2.05, 4.69) is 4.72 Å². The van der Waals surface area contributed by atoms with Crippen molar-refractivity contribution in [2.45, 2.75) is 36.8 Å². The van der Waals surface area contributed by atoms with Gasteiger partial charge >= 0.3 is 6.18 Å². The Morgan fingerprint density at radius 2 is 1.58 bits per heavy atom. The van der Waals surface area contributed by atoms with Crippen LogP contribution in [0.1, 0.15) is 29.5 Å². The SMILES string of the molecule is COc1cc2c(cc1S(=O)(=O)Nc1ccc(C(F)(F)F)cc1)CCCC2. The smallest absolute Gasteiger partial charge is 0.416 e. The van der Waals surface area contributed by atoms with Crippen molar-refractivity contribution in [3.05, 3.63) is 53.1 Å². The number of aryl methyl sites for hydroxylation is 2. The summed E-state index contributed by atoms with van der Waals surface area (Å²) in [4.78, 5) is -0.0134. The van der Waals surface area contributed by atoms with Gasteiger partial charge in [-0.3, -0.25) is 4.72 Å². The van der Waals surface area contributed by atoms with Gasteiger partial charge in [0.2, 0.25) is 0 Å². The zero-order valence-electron chi connectivity index (χ0n) is 14.1. The molecule has 0 bridgehead atoms. The average molecular weight is 385 g/mol. The number of hydrogen-bond acceptors (Lipinski definition) is 3. The van der Waals surface area contributed by atoms with Gasteiger partial charge in [0, 0.05) is 5.69 Å². The molecule has 0 amide bonds. The first-order chi connectivity index (χ1) is 12.2. The van der Waals surface area contributed by atoms with Crippen LogP contribution in [0, 0.1) is 0 Å². The van der Waals surface area contributed by atoms with Crippen LogP contribution in [0.4, 0.5) is 18.9 Å². The third-order valence-corrected chi connectivity index (χ3v) is 5.78. The van der Waals surface area contributed by atoms with Crippen LogP contribution in [0.15, 0.2) is 41.3 Å². The zero-order chi connectivity index (χ0) is 18.9. The number of ether oxygens (including phenoxy) is 1. The number of benzene rings is 2. The van der Waals surface area contributed by atoms with Gasteiger partial charge in [0.15, 0.2) is 0 Å². The van der Waals surface area contributed by atoms with Crippen molar-refractivity contribution in [2.24, 2.45) is 0 Å². The molecule has 0 radical (unpaired) electrons. The summed E-state index contributed by atoms with van der Waals surface area (Å²) in [6.07, 6.45) is -0.767. The van der Waals surface area contributed by atoms with Crippen LogP contribution in [0.3, 0.4) is 0 Å². The fourth-order valence-electron chi connectivity index (χ4n) is 3.05. The molecule has 26 heavy (non-hydrogen) atoms. The largest absolute Gasteiger partial charge is 0.495 e. The van der Waals surface area contributed by atoms with Crippen molar-refractivity contribution < 1.29 is 26.3 Å². The minimum absolute atomic E-state index is 0.0134. The van der Waals surface area contributed by atoms with E-state index in [1.54, 1.807) is 12.1 Å². The lowest BCUT2D eigenvalue weighted by Gasteiger charge is -2.19. The van der Waals surface area contributed by atoms with Gasteiger partial charge in [-0.05, 0) is 73.2 Å². The Hall–Kier alpha value is -2.22. The summed E-state index contributed by atoms with van der Waals surface area (Å²) in [5.41, 5.74) is 1.25. The molecule has 0 unspecified atom stereocenters. The molecular formula is C18H18F3NO3S. The summed E-state index contributed by atoms with van der Waals surface area (Å²) >= 11 is 0. The predicted octanol–water partition coefficient (Wildman–Crippen LogP) is 4.39. The Labute approximate surface area is 150 Å². The van der Waals surface area contributed by atoms with Crippen molar-refractivity contribution in [1.29, 1.82) is 0 Å². The number of nitrogens with one attached hydrogen (secondary N) is 1. The molecule has 0 aromatic heterocycles. The molecule has 1 N–H and O–H groups in total. The van der Waals surface area contributed by atoms with E-state index in [9.17, 15) is 21.6 Å². The van der Waals surface area contributed by atoms with Gasteiger partial charge < -0.3 is 4.74 Å². The molecule has 0 saturated carbocycles. The topological polar surface area (TPSA) is 55.4 Å². The standard InChI is InChI=1S/C18H18F3NO3S/c1-25-16-10-12-4-2-3-5-13(12)11-17(16)26(23,24)22-15-8-6-14(7-9-15)18(19,20)21/h6-11,22H,2-5H2,1H3. The summed E-state index contributed by atoms with van der Waals surface area (Å²) in [6, 6.07) is 7.18. The number of sulfonamides is 1. The van der Waals surface area contributed by atoms with Gasteiger partial charge in [-0.1, -0.05) is 0 Å². The summed E-state index contributed by atoms with van der Waals surface area (Å²) in [5.74, 6) is 0.227. The lowest BCUT2D eigenvalue weighted by atomic mass is 9.92. The van der Waals surface area contributed by atoms with E-state index >= 15 is 0 Å². The Morgan fingerprint density at radius 3 is 2.12 bits per heavy atom. The highest BCUT2D eigenvalue weighted by molar-refractivity contribution is 7.92. The molecular weight excluding hydrogens is 367 g/mol. The van der Waals surface area contributed by atoms with Crippen LogP contribution < -0.4 is 9.46 Å². The van der Waals surface area contributed by atoms with Crippen LogP contribution in [-0.2, 0) is 29.0 Å². The second-order valence-corrected chi connectivity index (χ2v) is 7.81. The molecule has 1 aliphatic rings. The molecule has 3 rings (SSSR count). The number of hydrogen-bond donors (Lipinski definition) is 1. The van der Waals surface area contributed by atoms with Crippen LogP contribution in [0.5, 0.6) is 5.75 Å². The lowest BCUT2D eigenvalue weighted by molar-refractivity contribution is -0.137. The minimum atomic E-state index is -4.47. The molecule has 140 valence electrons. The molecule has 0 atom stereocenters. The molecule has 0 saturated heterocycles. The Kier molecular flexibility index (Phi) is 4.88. The van der Waals surface area contributed by atoms with Gasteiger partial charge in [-0.15, -0.1) is 0 Å². The van der Waals surface area contributed by atoms with Crippen molar-refractivity contribution in [3.8, 4) is 5.75 Å². The first-order valence-corrected chi connectivity index (χ1v) is 9.59. The van der Waals surface area contributed by atoms with Gasteiger partial charge in [0.05, 0.1) is 12.7 Å². The van der Waals surface area contributed by atoms with Gasteiger partial charge in [-0.25, -0.2) is 8.42 Å². The number of fused-ring (bicyclic) bond motifs is 1. The van der Waals surface area contributed by atoms with Crippen LogP contribution in [0.2, 0.25) is 0 Å². The molecule has 0 aliphatic heterocycles. The number of methoxy groups -OCH3 is 1.